The van der Waals surface area contributed by atoms with Crippen molar-refractivity contribution >= 4 is 16.9 Å². The van der Waals surface area contributed by atoms with Gasteiger partial charge < -0.3 is 5.32 Å². The summed E-state index contributed by atoms with van der Waals surface area (Å²) in [6.45, 7) is 3.77. The Balaban J connectivity index is 1.71. The zero-order valence-electron chi connectivity index (χ0n) is 13.9. The number of nitrogens with one attached hydrogen (secondary N) is 2. The Hall–Kier alpha value is -2.77. The predicted molar refractivity (Wildman–Crippen MR) is 87.4 cm³/mol. The van der Waals surface area contributed by atoms with Gasteiger partial charge in [0.2, 0.25) is 0 Å². The van der Waals surface area contributed by atoms with Crippen LogP contribution in [0.1, 0.15) is 46.8 Å². The number of rotatable bonds is 3. The van der Waals surface area contributed by atoms with Gasteiger partial charge in [-0.3, -0.25) is 14.6 Å². The second-order valence-corrected chi connectivity index (χ2v) is 6.43. The topological polar surface area (TPSA) is 101 Å². The molecule has 1 amide bonds. The molecule has 1 saturated carbocycles. The van der Waals surface area contributed by atoms with E-state index < -0.39 is 5.54 Å². The molecule has 0 aromatic carbocycles. The van der Waals surface area contributed by atoms with Gasteiger partial charge in [0.25, 0.3) is 5.91 Å². The molecule has 124 valence electrons. The standard InChI is InChI=1S/C16H19N7O/c1-9-12(7-11-10(2)22-23(3)13(11)19-9)14(24)20-16(5-4-6-16)15-17-8-18-21-15/h7-8H,4-6H2,1-3H3,(H,20,24)(H,17,18,21). The van der Waals surface area contributed by atoms with E-state index in [1.165, 1.54) is 6.33 Å². The largest absolute Gasteiger partial charge is 0.339 e. The van der Waals surface area contributed by atoms with Gasteiger partial charge >= 0.3 is 0 Å². The van der Waals surface area contributed by atoms with E-state index in [4.69, 9.17) is 0 Å². The molecule has 1 aliphatic carbocycles. The molecule has 1 aliphatic rings. The highest BCUT2D eigenvalue weighted by molar-refractivity contribution is 5.99. The van der Waals surface area contributed by atoms with Gasteiger partial charge in [-0.25, -0.2) is 9.97 Å². The number of amides is 1. The zero-order valence-corrected chi connectivity index (χ0v) is 13.9. The van der Waals surface area contributed by atoms with Crippen LogP contribution >= 0.6 is 0 Å². The summed E-state index contributed by atoms with van der Waals surface area (Å²) in [5.41, 5.74) is 2.47. The number of nitrogens with zero attached hydrogens (tertiary/aromatic N) is 5. The normalized spacial score (nSPS) is 16.1. The molecule has 0 atom stereocenters. The molecule has 8 nitrogen and oxygen atoms in total. The molecular weight excluding hydrogens is 306 g/mol. The fourth-order valence-electron chi connectivity index (χ4n) is 3.33. The molecule has 0 spiro atoms. The molecular formula is C16H19N7O. The van der Waals surface area contributed by atoms with Crippen LogP contribution in [0, 0.1) is 13.8 Å². The van der Waals surface area contributed by atoms with Gasteiger partial charge in [0, 0.05) is 12.4 Å². The number of carbonyl (C=O) groups is 1. The zero-order chi connectivity index (χ0) is 16.9. The van der Waals surface area contributed by atoms with E-state index in [0.29, 0.717) is 17.1 Å². The Labute approximate surface area is 138 Å². The first-order valence-corrected chi connectivity index (χ1v) is 7.99. The smallest absolute Gasteiger partial charge is 0.253 e. The lowest BCUT2D eigenvalue weighted by atomic mass is 9.76. The lowest BCUT2D eigenvalue weighted by Gasteiger charge is -2.40. The van der Waals surface area contributed by atoms with Crippen LogP contribution in [0.25, 0.3) is 11.0 Å². The molecule has 2 N–H and O–H groups in total. The maximum absolute atomic E-state index is 12.9. The number of aromatic nitrogens is 6. The van der Waals surface area contributed by atoms with Crippen molar-refractivity contribution in [1.29, 1.82) is 0 Å². The van der Waals surface area contributed by atoms with Crippen molar-refractivity contribution in [2.75, 3.05) is 0 Å². The SMILES string of the molecule is Cc1nc2c(cc1C(=O)NC1(c3ncn[nH]3)CCC1)c(C)nn2C. The Morgan fingerprint density at radius 2 is 2.12 bits per heavy atom. The molecule has 0 aliphatic heterocycles. The minimum Gasteiger partial charge on any atom is -0.339 e. The monoisotopic (exact) mass is 325 g/mol. The number of aromatic amines is 1. The fourth-order valence-corrected chi connectivity index (χ4v) is 3.33. The summed E-state index contributed by atoms with van der Waals surface area (Å²) in [4.78, 5) is 21.7. The Morgan fingerprint density at radius 1 is 1.33 bits per heavy atom. The van der Waals surface area contributed by atoms with Crippen molar-refractivity contribution in [2.24, 2.45) is 7.05 Å². The van der Waals surface area contributed by atoms with Crippen molar-refractivity contribution in [3.05, 3.63) is 35.2 Å². The van der Waals surface area contributed by atoms with Gasteiger partial charge in [-0.1, -0.05) is 0 Å². The third kappa shape index (κ3) is 2.10. The Bertz CT molecular complexity index is 922. The van der Waals surface area contributed by atoms with E-state index >= 15 is 0 Å². The summed E-state index contributed by atoms with van der Waals surface area (Å²) >= 11 is 0. The van der Waals surface area contributed by atoms with Crippen LogP contribution in [0.5, 0.6) is 0 Å². The number of H-pyrrole nitrogens is 1. The van der Waals surface area contributed by atoms with Crippen LogP contribution in [0.4, 0.5) is 0 Å². The molecule has 3 aromatic rings. The lowest BCUT2D eigenvalue weighted by molar-refractivity contribution is 0.0809. The molecule has 3 heterocycles. The van der Waals surface area contributed by atoms with Crippen LogP contribution in [-0.2, 0) is 12.6 Å². The summed E-state index contributed by atoms with van der Waals surface area (Å²) in [7, 11) is 1.86. The number of hydrogen-bond donors (Lipinski definition) is 2. The average molecular weight is 325 g/mol. The number of pyridine rings is 1. The van der Waals surface area contributed by atoms with Crippen LogP contribution in [-0.4, -0.2) is 35.9 Å². The molecule has 4 rings (SSSR count). The molecule has 0 saturated heterocycles. The third-order valence-electron chi connectivity index (χ3n) is 4.86. The first kappa shape index (κ1) is 14.8. The van der Waals surface area contributed by atoms with Crippen molar-refractivity contribution < 1.29 is 4.79 Å². The summed E-state index contributed by atoms with van der Waals surface area (Å²) in [5.74, 6) is 0.576. The highest BCUT2D eigenvalue weighted by atomic mass is 16.1. The number of carbonyl (C=O) groups excluding carboxylic acids is 1. The van der Waals surface area contributed by atoms with E-state index in [1.807, 2.05) is 27.0 Å². The first-order valence-electron chi connectivity index (χ1n) is 7.99. The lowest BCUT2D eigenvalue weighted by Crippen LogP contribution is -2.51. The van der Waals surface area contributed by atoms with Crippen LogP contribution in [0.2, 0.25) is 0 Å². The second-order valence-electron chi connectivity index (χ2n) is 6.43. The van der Waals surface area contributed by atoms with E-state index in [1.54, 1.807) is 4.68 Å². The van der Waals surface area contributed by atoms with Gasteiger partial charge in [0.1, 0.15) is 12.2 Å². The van der Waals surface area contributed by atoms with Crippen LogP contribution in [0.3, 0.4) is 0 Å². The van der Waals surface area contributed by atoms with Gasteiger partial charge in [-0.05, 0) is 39.2 Å². The third-order valence-corrected chi connectivity index (χ3v) is 4.86. The van der Waals surface area contributed by atoms with Crippen molar-refractivity contribution in [1.82, 2.24) is 35.3 Å². The van der Waals surface area contributed by atoms with E-state index in [2.05, 4.69) is 30.6 Å². The van der Waals surface area contributed by atoms with Crippen LogP contribution < -0.4 is 5.32 Å². The molecule has 0 unspecified atom stereocenters. The quantitative estimate of drug-likeness (QED) is 0.760. The molecule has 0 radical (unpaired) electrons. The average Bonchev–Trinajstić information content (AvgIpc) is 3.12. The van der Waals surface area contributed by atoms with Crippen molar-refractivity contribution in [2.45, 2.75) is 38.6 Å². The maximum atomic E-state index is 12.9. The Morgan fingerprint density at radius 3 is 2.75 bits per heavy atom. The second kappa shape index (κ2) is 5.12. The molecule has 24 heavy (non-hydrogen) atoms. The van der Waals surface area contributed by atoms with E-state index in [0.717, 1.165) is 36.0 Å². The van der Waals surface area contributed by atoms with E-state index in [-0.39, 0.29) is 5.91 Å². The van der Waals surface area contributed by atoms with Crippen molar-refractivity contribution in [3.63, 3.8) is 0 Å². The summed E-state index contributed by atoms with van der Waals surface area (Å²) < 4.78 is 1.74. The molecule has 1 fully saturated rings. The van der Waals surface area contributed by atoms with Gasteiger partial charge in [0.05, 0.1) is 22.5 Å². The highest BCUT2D eigenvalue weighted by Crippen LogP contribution is 2.39. The molecule has 8 heteroatoms. The number of aryl methyl sites for hydroxylation is 3. The fraction of sp³-hybridized carbons (Fsp3) is 0.438. The minimum atomic E-state index is -0.445. The summed E-state index contributed by atoms with van der Waals surface area (Å²) in [6.07, 6.45) is 4.24. The minimum absolute atomic E-state index is 0.138. The number of fused-ring (bicyclic) bond motifs is 1. The molecule has 3 aromatic heterocycles. The van der Waals surface area contributed by atoms with Gasteiger partial charge in [-0.15, -0.1) is 0 Å². The Kier molecular flexibility index (Phi) is 3.16. The predicted octanol–water partition coefficient (Wildman–Crippen LogP) is 1.51. The number of hydrogen-bond acceptors (Lipinski definition) is 5. The maximum Gasteiger partial charge on any atom is 0.253 e. The summed E-state index contributed by atoms with van der Waals surface area (Å²) in [6, 6.07) is 1.88. The van der Waals surface area contributed by atoms with Crippen molar-refractivity contribution in [3.8, 4) is 0 Å². The first-order chi connectivity index (χ1) is 11.5. The van der Waals surface area contributed by atoms with Gasteiger partial charge in [-0.2, -0.15) is 10.2 Å². The highest BCUT2D eigenvalue weighted by Gasteiger charge is 2.43. The van der Waals surface area contributed by atoms with E-state index in [9.17, 15) is 4.79 Å². The molecule has 0 bridgehead atoms. The van der Waals surface area contributed by atoms with Gasteiger partial charge in [0.15, 0.2) is 5.65 Å². The van der Waals surface area contributed by atoms with Crippen LogP contribution in [0.15, 0.2) is 12.4 Å². The summed E-state index contributed by atoms with van der Waals surface area (Å²) in [5, 5.41) is 15.2.